The Hall–Kier alpha value is 1.24. The number of hydrogen-bond donors (Lipinski definition) is 6. The van der Waals surface area contributed by atoms with Crippen LogP contribution in [-0.4, -0.2) is 72.3 Å². The molecular formula is C9H30NbO6Ta. The second-order valence-electron chi connectivity index (χ2n) is 1.26. The zero-order valence-corrected chi connectivity index (χ0v) is 17.3. The molecule has 1 atom stereocenters. The first-order chi connectivity index (χ1) is 7.27. The van der Waals surface area contributed by atoms with Crippen molar-refractivity contribution in [3.63, 3.8) is 0 Å². The van der Waals surface area contributed by atoms with Crippen LogP contribution in [0, 0.1) is 0 Å². The Kier molecular flexibility index (Phi) is 504. The third kappa shape index (κ3) is 381. The molecule has 0 spiro atoms. The Balaban J connectivity index is -0.00000001000. The summed E-state index contributed by atoms with van der Waals surface area (Å²) in [6, 6.07) is 0. The molecule has 6 N–H and O–H groups in total. The van der Waals surface area contributed by atoms with Crippen LogP contribution < -0.4 is 0 Å². The van der Waals surface area contributed by atoms with Crippen molar-refractivity contribution in [1.29, 1.82) is 0 Å². The van der Waals surface area contributed by atoms with Crippen LogP contribution in [0.3, 0.4) is 0 Å². The first-order valence-corrected chi connectivity index (χ1v) is 4.19. The number of aliphatic hydroxyl groups excluding tert-OH is 6. The van der Waals surface area contributed by atoms with Gasteiger partial charge < -0.3 is 30.6 Å². The molecule has 0 aliphatic heterocycles. The minimum atomic E-state index is -0.116. The summed E-state index contributed by atoms with van der Waals surface area (Å²) in [5.74, 6) is 0. The van der Waals surface area contributed by atoms with Gasteiger partial charge >= 0.3 is 0 Å². The molecule has 0 aliphatic rings. The van der Waals surface area contributed by atoms with Crippen molar-refractivity contribution >= 4 is 0 Å². The van der Waals surface area contributed by atoms with E-state index >= 15 is 0 Å². The van der Waals surface area contributed by atoms with Gasteiger partial charge in [-0.2, -0.15) is 0 Å². The fraction of sp³-hybridized carbons (Fsp3) is 1.00. The summed E-state index contributed by atoms with van der Waals surface area (Å²) in [6.45, 7) is 3.73. The zero-order chi connectivity index (χ0) is 14.3. The molecule has 1 unspecified atom stereocenters. The predicted molar refractivity (Wildman–Crippen MR) is 62.7 cm³/mol. The van der Waals surface area contributed by atoms with E-state index in [9.17, 15) is 0 Å². The van der Waals surface area contributed by atoms with Gasteiger partial charge in [0.15, 0.2) is 0 Å². The summed E-state index contributed by atoms with van der Waals surface area (Å²) >= 11 is 0. The van der Waals surface area contributed by atoms with Gasteiger partial charge in [0.05, 0.1) is 6.10 Å². The van der Waals surface area contributed by atoms with Crippen LogP contribution in [0.15, 0.2) is 0 Å². The van der Waals surface area contributed by atoms with Gasteiger partial charge in [-0.15, -0.1) is 0 Å². The SMILES string of the molecule is CCC(C)O.CO.CO.CO.CO.CO.[Nb].[Ta]. The maximum atomic E-state index is 8.36. The van der Waals surface area contributed by atoms with Crippen LogP contribution in [0.1, 0.15) is 20.3 Å². The molecule has 112 valence electrons. The monoisotopic (exact) mass is 508 g/mol. The van der Waals surface area contributed by atoms with Gasteiger partial charge in [-0.1, -0.05) is 6.92 Å². The minimum absolute atomic E-state index is 0. The van der Waals surface area contributed by atoms with Gasteiger partial charge in [0.2, 0.25) is 0 Å². The fourth-order valence-electron chi connectivity index (χ4n) is 0. The van der Waals surface area contributed by atoms with E-state index in [1.54, 1.807) is 6.92 Å². The van der Waals surface area contributed by atoms with E-state index in [0.717, 1.165) is 42.0 Å². The molecule has 0 aromatic heterocycles. The van der Waals surface area contributed by atoms with Gasteiger partial charge in [-0.3, -0.25) is 0 Å². The third-order valence-electron chi connectivity index (χ3n) is 0.591. The molecule has 0 aromatic carbocycles. The van der Waals surface area contributed by atoms with Crippen LogP contribution in [0.4, 0.5) is 0 Å². The largest absolute Gasteiger partial charge is 0.400 e. The van der Waals surface area contributed by atoms with Gasteiger partial charge in [0, 0.05) is 80.3 Å². The molecule has 2 radical (unpaired) electrons. The zero-order valence-electron chi connectivity index (χ0n) is 11.9. The second-order valence-corrected chi connectivity index (χ2v) is 1.26. The van der Waals surface area contributed by atoms with Crippen molar-refractivity contribution < 1.29 is 75.4 Å². The summed E-state index contributed by atoms with van der Waals surface area (Å²) in [7, 11) is 5.00. The summed E-state index contributed by atoms with van der Waals surface area (Å²) in [5.41, 5.74) is 0. The molecule has 0 saturated carbocycles. The third-order valence-corrected chi connectivity index (χ3v) is 0.591. The van der Waals surface area contributed by atoms with E-state index in [1.165, 1.54) is 0 Å². The summed E-state index contributed by atoms with van der Waals surface area (Å²) in [4.78, 5) is 0. The Morgan fingerprint density at radius 1 is 0.706 bits per heavy atom. The number of aliphatic hydroxyl groups is 6. The predicted octanol–water partition coefficient (Wildman–Crippen LogP) is -1.19. The van der Waals surface area contributed by atoms with Crippen molar-refractivity contribution in [1.82, 2.24) is 0 Å². The number of hydrogen-bond acceptors (Lipinski definition) is 6. The second kappa shape index (κ2) is 166. The van der Waals surface area contributed by atoms with Crippen LogP contribution >= 0.6 is 0 Å². The van der Waals surface area contributed by atoms with Gasteiger partial charge in [-0.05, 0) is 13.3 Å². The molecule has 0 bridgehead atoms. The van der Waals surface area contributed by atoms with E-state index < -0.39 is 0 Å². The molecule has 0 aliphatic carbocycles. The average molecular weight is 508 g/mol. The minimum Gasteiger partial charge on any atom is -0.400 e. The quantitative estimate of drug-likeness (QED) is 0.248. The van der Waals surface area contributed by atoms with E-state index in [1.807, 2.05) is 6.92 Å². The summed E-state index contributed by atoms with van der Waals surface area (Å²) < 4.78 is 0. The average Bonchev–Trinajstić information content (AvgIpc) is 2.41. The summed E-state index contributed by atoms with van der Waals surface area (Å²) in [6.07, 6.45) is 0.745. The van der Waals surface area contributed by atoms with E-state index in [2.05, 4.69) is 0 Å². The standard InChI is InChI=1S/C4H10O.5CH4O.Nb.Ta/c1-3-4(2)5;5*1-2;;/h4-5H,3H2,1-2H3;5*2H,1H3;;. The molecule has 8 heteroatoms. The van der Waals surface area contributed by atoms with E-state index in [0.29, 0.717) is 0 Å². The van der Waals surface area contributed by atoms with Crippen LogP contribution in [-0.2, 0) is 44.8 Å². The molecule has 6 nitrogen and oxygen atoms in total. The Labute approximate surface area is 137 Å². The summed E-state index contributed by atoms with van der Waals surface area (Å²) in [5, 5.41) is 43.4. The van der Waals surface area contributed by atoms with Crippen molar-refractivity contribution in [3.05, 3.63) is 0 Å². The molecule has 0 aromatic rings. The van der Waals surface area contributed by atoms with Crippen LogP contribution in [0.2, 0.25) is 0 Å². The molecular weight excluding hydrogens is 478 g/mol. The Bertz CT molecular complexity index is 39.4. The maximum Gasteiger partial charge on any atom is 0.0509 e. The molecule has 0 saturated heterocycles. The first kappa shape index (κ1) is 51.7. The van der Waals surface area contributed by atoms with Crippen molar-refractivity contribution in [2.75, 3.05) is 35.5 Å². The van der Waals surface area contributed by atoms with E-state index in [4.69, 9.17) is 30.6 Å². The topological polar surface area (TPSA) is 121 Å². The molecule has 17 heavy (non-hydrogen) atoms. The van der Waals surface area contributed by atoms with Crippen LogP contribution in [0.5, 0.6) is 0 Å². The Morgan fingerprint density at radius 3 is 0.765 bits per heavy atom. The van der Waals surface area contributed by atoms with Crippen molar-refractivity contribution in [3.8, 4) is 0 Å². The van der Waals surface area contributed by atoms with Gasteiger partial charge in [0.1, 0.15) is 0 Å². The van der Waals surface area contributed by atoms with E-state index in [-0.39, 0.29) is 50.9 Å². The smallest absolute Gasteiger partial charge is 0.0509 e. The molecule has 0 heterocycles. The fourth-order valence-corrected chi connectivity index (χ4v) is 0. The van der Waals surface area contributed by atoms with Gasteiger partial charge in [-0.25, -0.2) is 0 Å². The van der Waals surface area contributed by atoms with Crippen molar-refractivity contribution in [2.45, 2.75) is 26.4 Å². The van der Waals surface area contributed by atoms with Crippen LogP contribution in [0.25, 0.3) is 0 Å². The first-order valence-electron chi connectivity index (χ1n) is 4.19. The molecule has 0 rings (SSSR count). The number of rotatable bonds is 1. The van der Waals surface area contributed by atoms with Crippen molar-refractivity contribution in [2.24, 2.45) is 0 Å². The molecule has 0 fully saturated rings. The van der Waals surface area contributed by atoms with Gasteiger partial charge in [0.25, 0.3) is 0 Å². The Morgan fingerprint density at radius 2 is 0.765 bits per heavy atom. The molecule has 0 amide bonds. The normalized spacial score (nSPS) is 6.18. The maximum absolute atomic E-state index is 8.36.